The van der Waals surface area contributed by atoms with Crippen LogP contribution in [0, 0.1) is 0 Å². The van der Waals surface area contributed by atoms with Crippen molar-refractivity contribution in [3.63, 3.8) is 0 Å². The van der Waals surface area contributed by atoms with Gasteiger partial charge >= 0.3 is 0 Å². The zero-order valence-electron chi connectivity index (χ0n) is 12.2. The van der Waals surface area contributed by atoms with Crippen molar-refractivity contribution in [3.8, 4) is 0 Å². The Labute approximate surface area is 121 Å². The normalized spacial score (nSPS) is 19.9. The molecular formula is C13H24N4O2S. The minimum atomic E-state index is -3.48. The maximum Gasteiger partial charge on any atom is 0.262 e. The Hall–Kier alpha value is -0.920. The van der Waals surface area contributed by atoms with Gasteiger partial charge in [-0.15, -0.1) is 0 Å². The number of hydrogen-bond acceptors (Lipinski definition) is 4. The summed E-state index contributed by atoms with van der Waals surface area (Å²) in [6.45, 7) is 6.74. The van der Waals surface area contributed by atoms with E-state index in [4.69, 9.17) is 0 Å². The molecule has 114 valence electrons. The molecule has 2 rings (SSSR count). The van der Waals surface area contributed by atoms with Crippen LogP contribution in [0.15, 0.2) is 17.6 Å². The second kappa shape index (κ2) is 6.69. The van der Waals surface area contributed by atoms with Gasteiger partial charge in [-0.2, -0.15) is 4.31 Å². The molecule has 0 radical (unpaired) electrons. The first-order valence-electron chi connectivity index (χ1n) is 7.33. The van der Waals surface area contributed by atoms with Gasteiger partial charge in [-0.05, 0) is 32.7 Å². The molecule has 1 aromatic heterocycles. The maximum absolute atomic E-state index is 12.7. The molecule has 1 aromatic rings. The average molecular weight is 300 g/mol. The third-order valence-electron chi connectivity index (χ3n) is 3.64. The summed E-state index contributed by atoms with van der Waals surface area (Å²) in [7, 11) is -3.48. The molecular weight excluding hydrogens is 276 g/mol. The number of nitrogens with zero attached hydrogens (tertiary/aromatic N) is 3. The average Bonchev–Trinajstić information content (AvgIpc) is 3.09. The number of nitrogens with one attached hydrogen (secondary N) is 1. The molecule has 7 heteroatoms. The number of rotatable bonds is 7. The number of sulfonamides is 1. The lowest BCUT2D eigenvalue weighted by Crippen LogP contribution is -2.41. The van der Waals surface area contributed by atoms with Crippen LogP contribution in [-0.4, -0.2) is 48.0 Å². The summed E-state index contributed by atoms with van der Waals surface area (Å²) in [5, 5.41) is 3.51. The highest BCUT2D eigenvalue weighted by molar-refractivity contribution is 7.89. The van der Waals surface area contributed by atoms with Gasteiger partial charge < -0.3 is 9.88 Å². The fourth-order valence-corrected chi connectivity index (χ4v) is 4.01. The van der Waals surface area contributed by atoms with Gasteiger partial charge in [0.15, 0.2) is 5.03 Å². The first-order chi connectivity index (χ1) is 9.57. The van der Waals surface area contributed by atoms with Gasteiger partial charge in [0, 0.05) is 31.9 Å². The Kier molecular flexibility index (Phi) is 5.17. The summed E-state index contributed by atoms with van der Waals surface area (Å²) < 4.78 is 28.7. The van der Waals surface area contributed by atoms with Crippen LogP contribution in [0.1, 0.15) is 33.1 Å². The molecule has 1 N–H and O–H groups in total. The molecule has 2 heterocycles. The maximum atomic E-state index is 12.7. The summed E-state index contributed by atoms with van der Waals surface area (Å²) in [6.07, 6.45) is 6.15. The van der Waals surface area contributed by atoms with Crippen LogP contribution < -0.4 is 5.32 Å². The minimum Gasteiger partial charge on any atom is -0.336 e. The molecule has 0 amide bonds. The summed E-state index contributed by atoms with van der Waals surface area (Å²) in [4.78, 5) is 4.05. The SMILES string of the molecule is CCCN(CC1CCCN1)S(=O)(=O)c1cn(CC)cn1. The Morgan fingerprint density at radius 3 is 2.85 bits per heavy atom. The van der Waals surface area contributed by atoms with E-state index in [2.05, 4.69) is 10.3 Å². The number of aryl methyl sites for hydroxylation is 1. The van der Waals surface area contributed by atoms with Crippen LogP contribution in [0.25, 0.3) is 0 Å². The lowest BCUT2D eigenvalue weighted by molar-refractivity contribution is 0.368. The van der Waals surface area contributed by atoms with Crippen molar-refractivity contribution in [1.29, 1.82) is 0 Å². The van der Waals surface area contributed by atoms with Crippen molar-refractivity contribution in [2.45, 2.75) is 50.7 Å². The Balaban J connectivity index is 2.16. The van der Waals surface area contributed by atoms with Crippen LogP contribution in [0.4, 0.5) is 0 Å². The van der Waals surface area contributed by atoms with Crippen LogP contribution in [-0.2, 0) is 16.6 Å². The highest BCUT2D eigenvalue weighted by Crippen LogP contribution is 2.17. The van der Waals surface area contributed by atoms with Crippen molar-refractivity contribution in [1.82, 2.24) is 19.2 Å². The zero-order chi connectivity index (χ0) is 14.6. The molecule has 1 fully saturated rings. The van der Waals surface area contributed by atoms with Crippen LogP contribution in [0.5, 0.6) is 0 Å². The minimum absolute atomic E-state index is 0.158. The summed E-state index contributed by atoms with van der Waals surface area (Å²) in [6, 6.07) is 0.268. The van der Waals surface area contributed by atoms with E-state index < -0.39 is 10.0 Å². The summed E-state index contributed by atoms with van der Waals surface area (Å²) in [5.41, 5.74) is 0. The van der Waals surface area contributed by atoms with Gasteiger partial charge in [-0.1, -0.05) is 6.92 Å². The third kappa shape index (κ3) is 3.39. The van der Waals surface area contributed by atoms with Gasteiger partial charge in [0.1, 0.15) is 0 Å². The van der Waals surface area contributed by atoms with Crippen molar-refractivity contribution in [3.05, 3.63) is 12.5 Å². The van der Waals surface area contributed by atoms with E-state index in [0.717, 1.165) is 32.4 Å². The zero-order valence-corrected chi connectivity index (χ0v) is 13.1. The van der Waals surface area contributed by atoms with Crippen molar-refractivity contribution in [2.75, 3.05) is 19.6 Å². The molecule has 1 aliphatic rings. The fraction of sp³-hybridized carbons (Fsp3) is 0.769. The summed E-state index contributed by atoms with van der Waals surface area (Å²) in [5.74, 6) is 0. The van der Waals surface area contributed by atoms with E-state index in [1.807, 2.05) is 13.8 Å². The third-order valence-corrected chi connectivity index (χ3v) is 5.39. The molecule has 0 saturated carbocycles. The van der Waals surface area contributed by atoms with E-state index in [0.29, 0.717) is 13.1 Å². The highest BCUT2D eigenvalue weighted by Gasteiger charge is 2.29. The second-order valence-corrected chi connectivity index (χ2v) is 7.08. The number of hydrogen-bond donors (Lipinski definition) is 1. The van der Waals surface area contributed by atoms with Crippen LogP contribution in [0.3, 0.4) is 0 Å². The van der Waals surface area contributed by atoms with Gasteiger partial charge in [0.25, 0.3) is 10.0 Å². The lowest BCUT2D eigenvalue weighted by atomic mass is 10.2. The van der Waals surface area contributed by atoms with Gasteiger partial charge in [0.2, 0.25) is 0 Å². The fourth-order valence-electron chi connectivity index (χ4n) is 2.50. The van der Waals surface area contributed by atoms with Crippen molar-refractivity contribution >= 4 is 10.0 Å². The molecule has 20 heavy (non-hydrogen) atoms. The van der Waals surface area contributed by atoms with Gasteiger partial charge in [-0.25, -0.2) is 13.4 Å². The molecule has 1 atom stereocenters. The van der Waals surface area contributed by atoms with Crippen molar-refractivity contribution in [2.24, 2.45) is 0 Å². The molecule has 1 unspecified atom stereocenters. The van der Waals surface area contributed by atoms with Gasteiger partial charge in [0.05, 0.1) is 6.33 Å². The molecule has 0 aromatic carbocycles. The lowest BCUT2D eigenvalue weighted by Gasteiger charge is -2.23. The molecule has 1 aliphatic heterocycles. The smallest absolute Gasteiger partial charge is 0.262 e. The monoisotopic (exact) mass is 300 g/mol. The Morgan fingerprint density at radius 1 is 1.50 bits per heavy atom. The summed E-state index contributed by atoms with van der Waals surface area (Å²) >= 11 is 0. The molecule has 0 aliphatic carbocycles. The van der Waals surface area contributed by atoms with Crippen LogP contribution in [0.2, 0.25) is 0 Å². The van der Waals surface area contributed by atoms with E-state index in [1.165, 1.54) is 0 Å². The molecule has 0 bridgehead atoms. The number of imidazole rings is 1. The van der Waals surface area contributed by atoms with E-state index >= 15 is 0 Å². The Bertz CT molecular complexity index is 520. The van der Waals surface area contributed by atoms with E-state index in [9.17, 15) is 8.42 Å². The number of aromatic nitrogens is 2. The molecule has 0 spiro atoms. The second-order valence-electron chi connectivity index (χ2n) is 5.20. The topological polar surface area (TPSA) is 67.2 Å². The standard InChI is InChI=1S/C13H24N4O2S/c1-3-8-17(9-12-6-5-7-14-12)20(18,19)13-10-16(4-2)11-15-13/h10-12,14H,3-9H2,1-2H3. The highest BCUT2D eigenvalue weighted by atomic mass is 32.2. The predicted molar refractivity (Wildman–Crippen MR) is 78.0 cm³/mol. The van der Waals surface area contributed by atoms with E-state index in [1.54, 1.807) is 21.4 Å². The quantitative estimate of drug-likeness (QED) is 0.817. The van der Waals surface area contributed by atoms with Crippen molar-refractivity contribution < 1.29 is 8.42 Å². The van der Waals surface area contributed by atoms with Crippen LogP contribution >= 0.6 is 0 Å². The van der Waals surface area contributed by atoms with E-state index in [-0.39, 0.29) is 11.1 Å². The largest absolute Gasteiger partial charge is 0.336 e. The molecule has 6 nitrogen and oxygen atoms in total. The van der Waals surface area contributed by atoms with Gasteiger partial charge in [-0.3, -0.25) is 0 Å². The predicted octanol–water partition coefficient (Wildman–Crippen LogP) is 1.06. The first-order valence-corrected chi connectivity index (χ1v) is 8.77. The molecule has 1 saturated heterocycles. The Morgan fingerprint density at radius 2 is 2.30 bits per heavy atom. The first kappa shape index (κ1) is 15.5.